The molecule has 2 fully saturated rings. The van der Waals surface area contributed by atoms with Gasteiger partial charge in [0, 0.05) is 25.3 Å². The third kappa shape index (κ3) is 7.97. The van der Waals surface area contributed by atoms with Crippen molar-refractivity contribution in [2.24, 2.45) is 5.92 Å². The molecule has 0 radical (unpaired) electrons. The largest absolute Gasteiger partial charge is 0.481 e. The van der Waals surface area contributed by atoms with Gasteiger partial charge >= 0.3 is 11.9 Å². The Hall–Kier alpha value is -2.56. The molecule has 0 aliphatic carbocycles. The summed E-state index contributed by atoms with van der Waals surface area (Å²) >= 11 is 0. The second-order valence-electron chi connectivity index (χ2n) is 9.46. The third-order valence-corrected chi connectivity index (χ3v) is 6.58. The van der Waals surface area contributed by atoms with Crippen molar-refractivity contribution in [1.29, 1.82) is 0 Å². The number of aliphatic carboxylic acids is 1. The van der Waals surface area contributed by atoms with Crippen LogP contribution in [-0.2, 0) is 23.8 Å². The smallest absolute Gasteiger partial charge is 0.330 e. The zero-order valence-electron chi connectivity index (χ0n) is 20.4. The Morgan fingerprint density at radius 3 is 2.36 bits per heavy atom. The first-order valence-corrected chi connectivity index (χ1v) is 12.4. The predicted molar refractivity (Wildman–Crippen MR) is 130 cm³/mol. The molecule has 0 aromatic carbocycles. The SMILES string of the molecule is CC1CC=CC=CC=CC=CCCC2OC(O)(CCC2C(=O)O)C(O)(O)CCC2OC2C=CC(=O)O1. The van der Waals surface area contributed by atoms with Gasteiger partial charge in [-0.3, -0.25) is 4.79 Å². The molecule has 9 heteroatoms. The molecule has 6 atom stereocenters. The standard InChI is InChI=1S/C27H36O9/c1-19-11-9-7-5-3-2-4-6-8-10-12-21-20(25(29)30)15-18-27(33,36-21)26(31,32)17-16-23-22(35-23)13-14-24(28)34-19/h2-9,13-14,19-23,31-33H,10-12,15-18H2,1H3,(H,29,30). The quantitative estimate of drug-likeness (QED) is 0.240. The number of carboxylic acid groups (broad SMARTS) is 1. The molecule has 36 heavy (non-hydrogen) atoms. The summed E-state index contributed by atoms with van der Waals surface area (Å²) in [6, 6.07) is 0. The molecule has 9 nitrogen and oxygen atoms in total. The normalized spacial score (nSPS) is 35.9. The summed E-state index contributed by atoms with van der Waals surface area (Å²) in [4.78, 5) is 23.7. The lowest BCUT2D eigenvalue weighted by atomic mass is 9.83. The summed E-state index contributed by atoms with van der Waals surface area (Å²) < 4.78 is 16.5. The highest BCUT2D eigenvalue weighted by Crippen LogP contribution is 2.41. The topological polar surface area (TPSA) is 146 Å². The minimum Gasteiger partial charge on any atom is -0.481 e. The van der Waals surface area contributed by atoms with Crippen molar-refractivity contribution < 1.29 is 44.2 Å². The number of ether oxygens (including phenoxy) is 3. The number of esters is 1. The zero-order chi connectivity index (χ0) is 26.2. The van der Waals surface area contributed by atoms with Crippen molar-refractivity contribution in [2.75, 3.05) is 0 Å². The van der Waals surface area contributed by atoms with E-state index in [1.54, 1.807) is 13.0 Å². The van der Waals surface area contributed by atoms with Gasteiger partial charge in [-0.05, 0) is 38.7 Å². The van der Waals surface area contributed by atoms with Crippen LogP contribution in [0.2, 0.25) is 0 Å². The number of carbonyl (C=O) groups excluding carboxylic acids is 1. The van der Waals surface area contributed by atoms with Crippen LogP contribution in [-0.4, -0.2) is 68.4 Å². The minimum atomic E-state index is -2.60. The Morgan fingerprint density at radius 2 is 1.64 bits per heavy atom. The zero-order valence-corrected chi connectivity index (χ0v) is 20.4. The van der Waals surface area contributed by atoms with Gasteiger partial charge in [0.1, 0.15) is 12.2 Å². The average Bonchev–Trinajstić information content (AvgIpc) is 3.57. The first kappa shape index (κ1) is 28.0. The molecule has 198 valence electrons. The fourth-order valence-electron chi connectivity index (χ4n) is 4.36. The molecule has 3 rings (SSSR count). The summed E-state index contributed by atoms with van der Waals surface area (Å²) in [5.41, 5.74) is 0. The van der Waals surface area contributed by atoms with E-state index in [4.69, 9.17) is 14.2 Å². The summed E-state index contributed by atoms with van der Waals surface area (Å²) in [6.07, 6.45) is 16.9. The van der Waals surface area contributed by atoms with Crippen LogP contribution in [0.3, 0.4) is 0 Å². The van der Waals surface area contributed by atoms with Crippen molar-refractivity contribution in [2.45, 2.75) is 87.9 Å². The van der Waals surface area contributed by atoms with E-state index in [0.29, 0.717) is 19.3 Å². The van der Waals surface area contributed by atoms with Gasteiger partial charge in [-0.2, -0.15) is 0 Å². The highest BCUT2D eigenvalue weighted by Gasteiger charge is 2.55. The number of carboxylic acids is 1. The van der Waals surface area contributed by atoms with E-state index >= 15 is 0 Å². The maximum absolute atomic E-state index is 12.0. The Bertz CT molecular complexity index is 916. The third-order valence-electron chi connectivity index (χ3n) is 6.58. The molecule has 3 heterocycles. The van der Waals surface area contributed by atoms with Crippen LogP contribution in [0.4, 0.5) is 0 Å². The number of hydrogen-bond acceptors (Lipinski definition) is 8. The number of cyclic esters (lactones) is 1. The molecule has 6 unspecified atom stereocenters. The highest BCUT2D eigenvalue weighted by molar-refractivity contribution is 5.82. The van der Waals surface area contributed by atoms with Gasteiger partial charge < -0.3 is 34.6 Å². The van der Waals surface area contributed by atoms with Crippen LogP contribution in [0.15, 0.2) is 60.8 Å². The highest BCUT2D eigenvalue weighted by atomic mass is 16.7. The molecular formula is C27H36O9. The van der Waals surface area contributed by atoms with Crippen LogP contribution in [0.1, 0.15) is 51.9 Å². The van der Waals surface area contributed by atoms with Crippen LogP contribution < -0.4 is 0 Å². The Morgan fingerprint density at radius 1 is 0.944 bits per heavy atom. The summed E-state index contributed by atoms with van der Waals surface area (Å²) in [7, 11) is 0. The van der Waals surface area contributed by atoms with Crippen molar-refractivity contribution in [3.05, 3.63) is 60.8 Å². The van der Waals surface area contributed by atoms with Gasteiger partial charge in [-0.1, -0.05) is 48.6 Å². The van der Waals surface area contributed by atoms with Gasteiger partial charge in [0.25, 0.3) is 0 Å². The van der Waals surface area contributed by atoms with Crippen molar-refractivity contribution in [3.63, 3.8) is 0 Å². The van der Waals surface area contributed by atoms with Crippen molar-refractivity contribution in [1.82, 2.24) is 0 Å². The summed E-state index contributed by atoms with van der Waals surface area (Å²) in [6.45, 7) is 1.80. The minimum absolute atomic E-state index is 0.0487. The Labute approximate surface area is 211 Å². The van der Waals surface area contributed by atoms with Crippen LogP contribution in [0, 0.1) is 5.92 Å². The number of epoxide rings is 1. The Balaban J connectivity index is 1.71. The van der Waals surface area contributed by atoms with E-state index in [0.717, 1.165) is 0 Å². The monoisotopic (exact) mass is 504 g/mol. The molecular weight excluding hydrogens is 468 g/mol. The second-order valence-corrected chi connectivity index (χ2v) is 9.46. The number of hydrogen-bond donors (Lipinski definition) is 4. The van der Waals surface area contributed by atoms with E-state index in [-0.39, 0.29) is 44.0 Å². The van der Waals surface area contributed by atoms with Crippen LogP contribution in [0.5, 0.6) is 0 Å². The maximum atomic E-state index is 12.0. The van der Waals surface area contributed by atoms with Gasteiger partial charge in [0.05, 0.1) is 18.1 Å². The molecule has 0 saturated carbocycles. The maximum Gasteiger partial charge on any atom is 0.330 e. The van der Waals surface area contributed by atoms with Crippen molar-refractivity contribution in [3.8, 4) is 0 Å². The average molecular weight is 505 g/mol. The number of fused-ring (bicyclic) bond motifs is 3. The molecule has 2 bridgehead atoms. The first-order valence-electron chi connectivity index (χ1n) is 12.4. The molecule has 4 N–H and O–H groups in total. The van der Waals surface area contributed by atoms with Gasteiger partial charge in [0.15, 0.2) is 0 Å². The number of carbonyl (C=O) groups is 2. The summed E-state index contributed by atoms with van der Waals surface area (Å²) in [5, 5.41) is 42.0. The Kier molecular flexibility index (Phi) is 9.81. The second kappa shape index (κ2) is 12.6. The van der Waals surface area contributed by atoms with E-state index < -0.39 is 35.5 Å². The predicted octanol–water partition coefficient (Wildman–Crippen LogP) is 2.68. The van der Waals surface area contributed by atoms with E-state index in [2.05, 4.69) is 0 Å². The van der Waals surface area contributed by atoms with Gasteiger partial charge in [-0.15, -0.1) is 0 Å². The van der Waals surface area contributed by atoms with Crippen LogP contribution in [0.25, 0.3) is 0 Å². The fraction of sp³-hybridized carbons (Fsp3) is 0.556. The first-order chi connectivity index (χ1) is 17.1. The molecule has 0 aromatic rings. The molecule has 3 aliphatic rings. The molecule has 0 aromatic heterocycles. The molecule has 0 spiro atoms. The van der Waals surface area contributed by atoms with E-state index in [1.165, 1.54) is 6.08 Å². The lowest BCUT2D eigenvalue weighted by Crippen LogP contribution is -2.61. The number of allylic oxidation sites excluding steroid dienone is 7. The summed E-state index contributed by atoms with van der Waals surface area (Å²) in [5.74, 6) is -7.31. The molecule has 3 aliphatic heterocycles. The molecule has 2 saturated heterocycles. The lowest BCUT2D eigenvalue weighted by molar-refractivity contribution is -0.401. The number of rotatable bonds is 1. The fourth-order valence-corrected chi connectivity index (χ4v) is 4.36. The molecule has 0 amide bonds. The van der Waals surface area contributed by atoms with Gasteiger partial charge in [-0.25, -0.2) is 4.79 Å². The van der Waals surface area contributed by atoms with E-state index in [9.17, 15) is 30.0 Å². The van der Waals surface area contributed by atoms with Crippen LogP contribution >= 0.6 is 0 Å². The number of aliphatic hydroxyl groups is 3. The lowest BCUT2D eigenvalue weighted by Gasteiger charge is -2.46. The van der Waals surface area contributed by atoms with Crippen molar-refractivity contribution >= 4 is 11.9 Å². The van der Waals surface area contributed by atoms with E-state index in [1.807, 2.05) is 48.6 Å². The van der Waals surface area contributed by atoms with Gasteiger partial charge in [0.2, 0.25) is 11.6 Å².